The number of anilines is 1. The van der Waals surface area contributed by atoms with Gasteiger partial charge in [-0.1, -0.05) is 0 Å². The lowest BCUT2D eigenvalue weighted by Crippen LogP contribution is -2.39. The summed E-state index contributed by atoms with van der Waals surface area (Å²) in [5, 5.41) is 0. The molecule has 1 aromatic heterocycles. The van der Waals surface area contributed by atoms with Crippen LogP contribution in [0.2, 0.25) is 0 Å². The topological polar surface area (TPSA) is 75.2 Å². The number of sulfonamides is 1. The van der Waals surface area contributed by atoms with E-state index in [-0.39, 0.29) is 10.8 Å². The van der Waals surface area contributed by atoms with Crippen LogP contribution in [0.4, 0.5) is 10.2 Å². The van der Waals surface area contributed by atoms with Crippen molar-refractivity contribution in [2.75, 3.05) is 24.5 Å². The van der Waals surface area contributed by atoms with Crippen molar-refractivity contribution in [2.45, 2.75) is 17.7 Å². The highest BCUT2D eigenvalue weighted by Crippen LogP contribution is 2.21. The molecule has 1 saturated heterocycles. The van der Waals surface area contributed by atoms with Crippen molar-refractivity contribution in [3.8, 4) is 0 Å². The van der Waals surface area contributed by atoms with Crippen LogP contribution in [0.3, 0.4) is 0 Å². The Bertz CT molecular complexity index is 760. The molecule has 0 radical (unpaired) electrons. The SMILES string of the molecule is O=S(=O)(NCC1CCN(c2cnccn2)CC1)c1ccc(F)cc1. The van der Waals surface area contributed by atoms with Crippen LogP contribution in [0.25, 0.3) is 0 Å². The molecule has 0 amide bonds. The normalized spacial score (nSPS) is 16.3. The van der Waals surface area contributed by atoms with Crippen molar-refractivity contribution in [3.63, 3.8) is 0 Å². The first-order valence-electron chi connectivity index (χ1n) is 7.81. The summed E-state index contributed by atoms with van der Waals surface area (Å²) >= 11 is 0. The molecule has 0 bridgehead atoms. The van der Waals surface area contributed by atoms with Gasteiger partial charge in [0.1, 0.15) is 11.6 Å². The first-order chi connectivity index (χ1) is 11.5. The fourth-order valence-corrected chi connectivity index (χ4v) is 3.86. The second-order valence-corrected chi connectivity index (χ2v) is 7.57. The largest absolute Gasteiger partial charge is 0.355 e. The molecular formula is C16H19FN4O2S. The highest BCUT2D eigenvalue weighted by Gasteiger charge is 2.22. The Hall–Kier alpha value is -2.06. The molecule has 0 unspecified atom stereocenters. The average molecular weight is 350 g/mol. The van der Waals surface area contributed by atoms with E-state index in [0.29, 0.717) is 6.54 Å². The lowest BCUT2D eigenvalue weighted by atomic mass is 9.97. The van der Waals surface area contributed by atoms with Crippen molar-refractivity contribution in [3.05, 3.63) is 48.7 Å². The number of benzene rings is 1. The van der Waals surface area contributed by atoms with Gasteiger partial charge in [0.2, 0.25) is 10.0 Å². The Morgan fingerprint density at radius 1 is 1.17 bits per heavy atom. The van der Waals surface area contributed by atoms with Gasteiger partial charge in [0.15, 0.2) is 0 Å². The van der Waals surface area contributed by atoms with E-state index in [2.05, 4.69) is 19.6 Å². The van der Waals surface area contributed by atoms with Crippen LogP contribution in [0.15, 0.2) is 47.8 Å². The Morgan fingerprint density at radius 2 is 1.88 bits per heavy atom. The monoisotopic (exact) mass is 350 g/mol. The minimum Gasteiger partial charge on any atom is -0.355 e. The molecule has 1 aliphatic heterocycles. The summed E-state index contributed by atoms with van der Waals surface area (Å²) in [6.07, 6.45) is 6.79. The van der Waals surface area contributed by atoms with Crippen LogP contribution in [0.5, 0.6) is 0 Å². The maximum Gasteiger partial charge on any atom is 0.240 e. The Morgan fingerprint density at radius 3 is 2.50 bits per heavy atom. The third-order valence-corrected chi connectivity index (χ3v) is 5.61. The number of hydrogen-bond donors (Lipinski definition) is 1. The number of nitrogens with one attached hydrogen (secondary N) is 1. The summed E-state index contributed by atoms with van der Waals surface area (Å²) in [5.74, 6) is 0.668. The van der Waals surface area contributed by atoms with Crippen LogP contribution in [-0.2, 0) is 10.0 Å². The highest BCUT2D eigenvalue weighted by molar-refractivity contribution is 7.89. The number of rotatable bonds is 5. The molecule has 0 aliphatic carbocycles. The van der Waals surface area contributed by atoms with Crippen LogP contribution in [-0.4, -0.2) is 38.0 Å². The summed E-state index contributed by atoms with van der Waals surface area (Å²) in [6.45, 7) is 2.03. The minimum atomic E-state index is -3.59. The molecule has 6 nitrogen and oxygen atoms in total. The number of hydrogen-bond acceptors (Lipinski definition) is 5. The zero-order chi connectivity index (χ0) is 17.0. The quantitative estimate of drug-likeness (QED) is 0.890. The van der Waals surface area contributed by atoms with Gasteiger partial charge in [-0.3, -0.25) is 4.98 Å². The van der Waals surface area contributed by atoms with E-state index in [1.54, 1.807) is 18.6 Å². The number of halogens is 1. The standard InChI is InChI=1S/C16H19FN4O2S/c17-14-1-3-15(4-2-14)24(22,23)20-11-13-5-9-21(10-6-13)16-12-18-7-8-19-16/h1-4,7-8,12-13,20H,5-6,9-11H2. The van der Waals surface area contributed by atoms with Crippen LogP contribution in [0, 0.1) is 11.7 Å². The molecule has 0 atom stereocenters. The smallest absolute Gasteiger partial charge is 0.240 e. The van der Waals surface area contributed by atoms with Crippen molar-refractivity contribution < 1.29 is 12.8 Å². The molecule has 1 N–H and O–H groups in total. The predicted molar refractivity (Wildman–Crippen MR) is 88.6 cm³/mol. The molecule has 1 aliphatic rings. The maximum atomic E-state index is 12.9. The van der Waals surface area contributed by atoms with E-state index in [1.807, 2.05) is 0 Å². The van der Waals surface area contributed by atoms with E-state index in [4.69, 9.17) is 0 Å². The van der Waals surface area contributed by atoms with Gasteiger partial charge < -0.3 is 4.90 Å². The molecular weight excluding hydrogens is 331 g/mol. The molecule has 2 aromatic rings. The lowest BCUT2D eigenvalue weighted by Gasteiger charge is -2.32. The van der Waals surface area contributed by atoms with E-state index >= 15 is 0 Å². The Labute approximate surface area is 140 Å². The Kier molecular flexibility index (Phi) is 5.06. The zero-order valence-corrected chi connectivity index (χ0v) is 13.9. The molecule has 0 spiro atoms. The molecule has 3 rings (SSSR count). The summed E-state index contributed by atoms with van der Waals surface area (Å²) < 4.78 is 39.9. The van der Waals surface area contributed by atoms with Gasteiger partial charge in [0.25, 0.3) is 0 Å². The van der Waals surface area contributed by atoms with E-state index in [0.717, 1.165) is 43.9 Å². The van der Waals surface area contributed by atoms with Gasteiger partial charge in [0, 0.05) is 32.0 Å². The van der Waals surface area contributed by atoms with Gasteiger partial charge in [0.05, 0.1) is 11.1 Å². The summed E-state index contributed by atoms with van der Waals surface area (Å²) in [5.41, 5.74) is 0. The molecule has 8 heteroatoms. The van der Waals surface area contributed by atoms with Crippen molar-refractivity contribution in [1.82, 2.24) is 14.7 Å². The third kappa shape index (κ3) is 4.07. The van der Waals surface area contributed by atoms with Crippen LogP contribution >= 0.6 is 0 Å². The molecule has 1 fully saturated rings. The van der Waals surface area contributed by atoms with E-state index < -0.39 is 15.8 Å². The highest BCUT2D eigenvalue weighted by atomic mass is 32.2. The van der Waals surface area contributed by atoms with Crippen molar-refractivity contribution in [2.24, 2.45) is 5.92 Å². The molecule has 24 heavy (non-hydrogen) atoms. The second kappa shape index (κ2) is 7.23. The van der Waals surface area contributed by atoms with Gasteiger partial charge in [-0.2, -0.15) is 0 Å². The summed E-state index contributed by atoms with van der Waals surface area (Å²) in [6, 6.07) is 4.84. The predicted octanol–water partition coefficient (Wildman–Crippen LogP) is 1.81. The van der Waals surface area contributed by atoms with Crippen molar-refractivity contribution >= 4 is 15.8 Å². The fourth-order valence-electron chi connectivity index (χ4n) is 2.75. The number of piperidine rings is 1. The Balaban J connectivity index is 1.52. The lowest BCUT2D eigenvalue weighted by molar-refractivity contribution is 0.400. The van der Waals surface area contributed by atoms with E-state index in [9.17, 15) is 12.8 Å². The summed E-state index contributed by atoms with van der Waals surface area (Å²) in [7, 11) is -3.59. The molecule has 1 aromatic carbocycles. The average Bonchev–Trinajstić information content (AvgIpc) is 2.62. The van der Waals surface area contributed by atoms with Gasteiger partial charge >= 0.3 is 0 Å². The molecule has 128 valence electrons. The fraction of sp³-hybridized carbons (Fsp3) is 0.375. The van der Waals surface area contributed by atoms with Gasteiger partial charge in [-0.25, -0.2) is 22.5 Å². The van der Waals surface area contributed by atoms with Gasteiger partial charge in [-0.05, 0) is 43.0 Å². The van der Waals surface area contributed by atoms with Crippen LogP contribution in [0.1, 0.15) is 12.8 Å². The molecule has 0 saturated carbocycles. The zero-order valence-electron chi connectivity index (χ0n) is 13.1. The second-order valence-electron chi connectivity index (χ2n) is 5.80. The van der Waals surface area contributed by atoms with Crippen molar-refractivity contribution in [1.29, 1.82) is 0 Å². The first-order valence-corrected chi connectivity index (χ1v) is 9.29. The van der Waals surface area contributed by atoms with Crippen LogP contribution < -0.4 is 9.62 Å². The maximum absolute atomic E-state index is 12.9. The number of aromatic nitrogens is 2. The first kappa shape index (κ1) is 16.8. The summed E-state index contributed by atoms with van der Waals surface area (Å²) in [4.78, 5) is 10.6. The molecule has 2 heterocycles. The third-order valence-electron chi connectivity index (χ3n) is 4.17. The van der Waals surface area contributed by atoms with Gasteiger partial charge in [-0.15, -0.1) is 0 Å². The van der Waals surface area contributed by atoms with E-state index in [1.165, 1.54) is 12.1 Å². The number of nitrogens with zero attached hydrogens (tertiary/aromatic N) is 3. The minimum absolute atomic E-state index is 0.0842.